The number of carbonyl (C=O) groups is 1. The van der Waals surface area contributed by atoms with Crippen molar-refractivity contribution >= 4 is 17.3 Å². The molecule has 1 N–H and O–H groups in total. The number of aryl methyl sites for hydroxylation is 1. The Bertz CT molecular complexity index is 798. The topological polar surface area (TPSA) is 81.5 Å². The molecule has 138 valence electrons. The SMILES string of the molecule is CCC(C)(C)c1ccc(OCC(=O)Nc2ccc(C)cc2[N+](=O)[O-])cc1. The van der Waals surface area contributed by atoms with Gasteiger partial charge in [-0.2, -0.15) is 0 Å². The van der Waals surface area contributed by atoms with Gasteiger partial charge in [-0.05, 0) is 48.1 Å². The number of rotatable bonds is 7. The van der Waals surface area contributed by atoms with Gasteiger partial charge in [-0.1, -0.05) is 39.0 Å². The Morgan fingerprint density at radius 3 is 2.42 bits per heavy atom. The van der Waals surface area contributed by atoms with Crippen LogP contribution in [-0.4, -0.2) is 17.4 Å². The fourth-order valence-corrected chi connectivity index (χ4v) is 2.44. The summed E-state index contributed by atoms with van der Waals surface area (Å²) in [5.74, 6) is 0.129. The monoisotopic (exact) mass is 356 g/mol. The average molecular weight is 356 g/mol. The standard InChI is InChI=1S/C20H24N2O4/c1-5-20(3,4)15-7-9-16(10-8-15)26-13-19(23)21-17-11-6-14(2)12-18(17)22(24)25/h6-12H,5,13H2,1-4H3,(H,21,23). The van der Waals surface area contributed by atoms with E-state index in [1.165, 1.54) is 17.7 Å². The molecule has 0 saturated heterocycles. The zero-order chi connectivity index (χ0) is 19.3. The molecule has 0 spiro atoms. The normalized spacial score (nSPS) is 11.1. The zero-order valence-electron chi connectivity index (χ0n) is 15.5. The molecule has 0 atom stereocenters. The van der Waals surface area contributed by atoms with Crippen LogP contribution in [0.15, 0.2) is 42.5 Å². The van der Waals surface area contributed by atoms with Crippen LogP contribution in [0, 0.1) is 17.0 Å². The van der Waals surface area contributed by atoms with Crippen LogP contribution in [0.4, 0.5) is 11.4 Å². The van der Waals surface area contributed by atoms with Crippen LogP contribution in [0.5, 0.6) is 5.75 Å². The van der Waals surface area contributed by atoms with Crippen molar-refractivity contribution < 1.29 is 14.5 Å². The van der Waals surface area contributed by atoms with Crippen molar-refractivity contribution in [2.45, 2.75) is 39.5 Å². The van der Waals surface area contributed by atoms with Gasteiger partial charge in [-0.3, -0.25) is 14.9 Å². The molecule has 0 aromatic heterocycles. The van der Waals surface area contributed by atoms with E-state index in [0.29, 0.717) is 5.75 Å². The van der Waals surface area contributed by atoms with Gasteiger partial charge in [0.15, 0.2) is 6.61 Å². The van der Waals surface area contributed by atoms with E-state index in [9.17, 15) is 14.9 Å². The highest BCUT2D eigenvalue weighted by molar-refractivity contribution is 5.94. The number of anilines is 1. The molecule has 0 unspecified atom stereocenters. The lowest BCUT2D eigenvalue weighted by Gasteiger charge is -2.23. The van der Waals surface area contributed by atoms with Crippen molar-refractivity contribution in [2.75, 3.05) is 11.9 Å². The van der Waals surface area contributed by atoms with Crippen LogP contribution in [0.2, 0.25) is 0 Å². The van der Waals surface area contributed by atoms with E-state index in [0.717, 1.165) is 12.0 Å². The van der Waals surface area contributed by atoms with Crippen LogP contribution in [0.3, 0.4) is 0 Å². The number of nitro groups is 1. The smallest absolute Gasteiger partial charge is 0.293 e. The highest BCUT2D eigenvalue weighted by Crippen LogP contribution is 2.28. The van der Waals surface area contributed by atoms with Gasteiger partial charge >= 0.3 is 0 Å². The van der Waals surface area contributed by atoms with Crippen molar-refractivity contribution in [2.24, 2.45) is 0 Å². The summed E-state index contributed by atoms with van der Waals surface area (Å²) < 4.78 is 5.48. The van der Waals surface area contributed by atoms with Crippen LogP contribution < -0.4 is 10.1 Å². The van der Waals surface area contributed by atoms with E-state index in [4.69, 9.17) is 4.74 Å². The summed E-state index contributed by atoms with van der Waals surface area (Å²) in [5.41, 5.74) is 2.06. The highest BCUT2D eigenvalue weighted by Gasteiger charge is 2.18. The molecule has 2 aromatic carbocycles. The molecule has 0 aliphatic carbocycles. The molecular weight excluding hydrogens is 332 g/mol. The number of nitrogens with one attached hydrogen (secondary N) is 1. The van der Waals surface area contributed by atoms with Crippen molar-refractivity contribution in [3.8, 4) is 5.75 Å². The van der Waals surface area contributed by atoms with Gasteiger partial charge in [-0.25, -0.2) is 0 Å². The third-order valence-corrected chi connectivity index (χ3v) is 4.51. The van der Waals surface area contributed by atoms with E-state index in [-0.39, 0.29) is 23.4 Å². The minimum Gasteiger partial charge on any atom is -0.484 e. The number of amides is 1. The van der Waals surface area contributed by atoms with Crippen molar-refractivity contribution in [1.82, 2.24) is 0 Å². The maximum Gasteiger partial charge on any atom is 0.293 e. The van der Waals surface area contributed by atoms with Crippen LogP contribution in [0.25, 0.3) is 0 Å². The van der Waals surface area contributed by atoms with E-state index in [2.05, 4.69) is 26.1 Å². The van der Waals surface area contributed by atoms with Gasteiger partial charge < -0.3 is 10.1 Å². The van der Waals surface area contributed by atoms with Gasteiger partial charge in [0.2, 0.25) is 0 Å². The zero-order valence-corrected chi connectivity index (χ0v) is 15.5. The Morgan fingerprint density at radius 2 is 1.85 bits per heavy atom. The summed E-state index contributed by atoms with van der Waals surface area (Å²) in [7, 11) is 0. The first-order valence-electron chi connectivity index (χ1n) is 8.51. The minimum atomic E-state index is -0.516. The van der Waals surface area contributed by atoms with Gasteiger partial charge in [-0.15, -0.1) is 0 Å². The predicted octanol–water partition coefficient (Wildman–Crippen LogP) is 4.61. The first-order valence-corrected chi connectivity index (χ1v) is 8.51. The molecule has 0 saturated carbocycles. The highest BCUT2D eigenvalue weighted by atomic mass is 16.6. The van der Waals surface area contributed by atoms with Crippen molar-refractivity contribution in [1.29, 1.82) is 0 Å². The Morgan fingerprint density at radius 1 is 1.19 bits per heavy atom. The molecule has 0 bridgehead atoms. The number of nitro benzene ring substituents is 1. The van der Waals surface area contributed by atoms with Crippen molar-refractivity contribution in [3.05, 3.63) is 63.7 Å². The maximum absolute atomic E-state index is 12.1. The molecule has 0 aliphatic rings. The number of hydrogen-bond acceptors (Lipinski definition) is 4. The van der Waals surface area contributed by atoms with Gasteiger partial charge in [0.05, 0.1) is 4.92 Å². The van der Waals surface area contributed by atoms with E-state index in [1.54, 1.807) is 13.0 Å². The lowest BCUT2D eigenvalue weighted by atomic mass is 9.82. The number of benzene rings is 2. The molecule has 1 amide bonds. The molecule has 2 rings (SSSR count). The first-order chi connectivity index (χ1) is 12.2. The number of carbonyl (C=O) groups excluding carboxylic acids is 1. The molecule has 0 heterocycles. The predicted molar refractivity (Wildman–Crippen MR) is 102 cm³/mol. The summed E-state index contributed by atoms with van der Waals surface area (Å²) in [6.07, 6.45) is 1.02. The lowest BCUT2D eigenvalue weighted by molar-refractivity contribution is -0.384. The third kappa shape index (κ3) is 4.81. The van der Waals surface area contributed by atoms with E-state index >= 15 is 0 Å². The molecular formula is C20H24N2O4. The van der Waals surface area contributed by atoms with Gasteiger partial charge in [0.1, 0.15) is 11.4 Å². The number of nitrogens with zero attached hydrogens (tertiary/aromatic N) is 1. The molecule has 0 aliphatic heterocycles. The Kier molecular flexibility index (Phi) is 5.97. The molecule has 2 aromatic rings. The quantitative estimate of drug-likeness (QED) is 0.580. The summed E-state index contributed by atoms with van der Waals surface area (Å²) in [4.78, 5) is 22.6. The minimum absolute atomic E-state index is 0.0836. The molecule has 6 heteroatoms. The number of ether oxygens (including phenoxy) is 1. The van der Waals surface area contributed by atoms with Crippen LogP contribution in [0.1, 0.15) is 38.3 Å². The molecule has 26 heavy (non-hydrogen) atoms. The second-order valence-electron chi connectivity index (χ2n) is 6.88. The van der Waals surface area contributed by atoms with E-state index in [1.807, 2.05) is 24.3 Å². The molecule has 0 fully saturated rings. The van der Waals surface area contributed by atoms with Gasteiger partial charge in [0.25, 0.3) is 11.6 Å². The Balaban J connectivity index is 1.98. The van der Waals surface area contributed by atoms with Crippen LogP contribution in [-0.2, 0) is 10.2 Å². The lowest BCUT2D eigenvalue weighted by Crippen LogP contribution is -2.21. The summed E-state index contributed by atoms with van der Waals surface area (Å²) >= 11 is 0. The average Bonchev–Trinajstić information content (AvgIpc) is 2.61. The summed E-state index contributed by atoms with van der Waals surface area (Å²) in [5, 5.41) is 13.6. The number of hydrogen-bond donors (Lipinski definition) is 1. The second kappa shape index (κ2) is 7.99. The molecule has 0 radical (unpaired) electrons. The first kappa shape index (κ1) is 19.4. The van der Waals surface area contributed by atoms with Gasteiger partial charge in [0, 0.05) is 6.07 Å². The Labute approximate surface area is 153 Å². The second-order valence-corrected chi connectivity index (χ2v) is 6.88. The Hall–Kier alpha value is -2.89. The van der Waals surface area contributed by atoms with E-state index < -0.39 is 10.8 Å². The summed E-state index contributed by atoms with van der Waals surface area (Å²) in [6, 6.07) is 12.3. The maximum atomic E-state index is 12.1. The fourth-order valence-electron chi connectivity index (χ4n) is 2.44. The van der Waals surface area contributed by atoms with Crippen LogP contribution >= 0.6 is 0 Å². The van der Waals surface area contributed by atoms with Crippen molar-refractivity contribution in [3.63, 3.8) is 0 Å². The fraction of sp³-hybridized carbons (Fsp3) is 0.350. The largest absolute Gasteiger partial charge is 0.484 e. The molecule has 6 nitrogen and oxygen atoms in total. The third-order valence-electron chi connectivity index (χ3n) is 4.51. The summed E-state index contributed by atoms with van der Waals surface area (Å²) in [6.45, 7) is 8.02.